The summed E-state index contributed by atoms with van der Waals surface area (Å²) >= 11 is 0. The van der Waals surface area contributed by atoms with E-state index in [1.54, 1.807) is 24.3 Å². The number of carboxylic acid groups (broad SMARTS) is 1. The summed E-state index contributed by atoms with van der Waals surface area (Å²) in [5, 5.41) is 14.5. The first-order valence-corrected chi connectivity index (χ1v) is 13.5. The summed E-state index contributed by atoms with van der Waals surface area (Å²) in [5.41, 5.74) is 5.13. The maximum atomic E-state index is 12.5. The van der Waals surface area contributed by atoms with Crippen molar-refractivity contribution in [2.75, 3.05) is 16.8 Å². The van der Waals surface area contributed by atoms with E-state index in [2.05, 4.69) is 40.2 Å². The number of hydrogen-bond acceptors (Lipinski definition) is 5. The first-order chi connectivity index (χ1) is 20.1. The van der Waals surface area contributed by atoms with E-state index in [0.29, 0.717) is 23.6 Å². The highest BCUT2D eigenvalue weighted by molar-refractivity contribution is 5.94. The van der Waals surface area contributed by atoms with Crippen molar-refractivity contribution >= 4 is 28.8 Å². The molecule has 0 atom stereocenters. The number of alkyl halides is 3. The molecule has 3 N–H and O–H groups in total. The zero-order valence-electron chi connectivity index (χ0n) is 22.9. The lowest BCUT2D eigenvalue weighted by molar-refractivity contribution is -0.274. The Morgan fingerprint density at radius 1 is 0.952 bits per heavy atom. The van der Waals surface area contributed by atoms with Gasteiger partial charge in [0.15, 0.2) is 0 Å². The molecule has 0 fully saturated rings. The highest BCUT2D eigenvalue weighted by atomic mass is 19.4. The van der Waals surface area contributed by atoms with Gasteiger partial charge in [-0.05, 0) is 90.9 Å². The van der Waals surface area contributed by atoms with Crippen LogP contribution >= 0.6 is 0 Å². The number of nitrogens with one attached hydrogen (secondary N) is 2. The second-order valence-electron chi connectivity index (χ2n) is 9.85. The quantitative estimate of drug-likeness (QED) is 0.208. The van der Waals surface area contributed by atoms with Gasteiger partial charge in [0.2, 0.25) is 0 Å². The Bertz CT molecular complexity index is 1420. The van der Waals surface area contributed by atoms with Gasteiger partial charge in [-0.15, -0.1) is 13.2 Å². The number of rotatable bonds is 12. The monoisotopic (exact) mass is 579 g/mol. The van der Waals surface area contributed by atoms with Crippen molar-refractivity contribution in [2.45, 2.75) is 45.0 Å². The number of nitrogens with zero attached hydrogens (tertiary/aromatic N) is 1. The second-order valence-corrected chi connectivity index (χ2v) is 9.85. The molecule has 220 valence electrons. The van der Waals surface area contributed by atoms with Crippen molar-refractivity contribution in [2.24, 2.45) is 0 Å². The van der Waals surface area contributed by atoms with Crippen molar-refractivity contribution in [3.63, 3.8) is 0 Å². The molecule has 3 aromatic rings. The topological polar surface area (TPSA) is 90.9 Å². The Morgan fingerprint density at radius 2 is 1.64 bits per heavy atom. The maximum absolute atomic E-state index is 12.5. The van der Waals surface area contributed by atoms with Crippen LogP contribution < -0.4 is 20.3 Å². The van der Waals surface area contributed by atoms with E-state index in [1.165, 1.54) is 42.7 Å². The fourth-order valence-electron chi connectivity index (χ4n) is 4.60. The summed E-state index contributed by atoms with van der Waals surface area (Å²) < 4.78 is 41.6. The molecule has 4 rings (SSSR count). The Balaban J connectivity index is 1.52. The van der Waals surface area contributed by atoms with Crippen molar-refractivity contribution in [1.82, 2.24) is 5.32 Å². The number of halogens is 3. The molecule has 1 amide bonds. The van der Waals surface area contributed by atoms with Gasteiger partial charge < -0.3 is 25.4 Å². The fraction of sp³-hybridized carbons (Fsp3) is 0.250. The minimum atomic E-state index is -4.77. The van der Waals surface area contributed by atoms with Gasteiger partial charge in [0.1, 0.15) is 11.6 Å². The van der Waals surface area contributed by atoms with Crippen LogP contribution in [0.4, 0.5) is 24.5 Å². The summed E-state index contributed by atoms with van der Waals surface area (Å²) in [7, 11) is 0. The lowest BCUT2D eigenvalue weighted by Gasteiger charge is -2.28. The standard InChI is InChI=1S/C32H32F3N3O4/c1-22(37-27-13-17-29(18-14-27)42-32(33,34)35)38(28-15-11-25(12-16-28)24-5-3-2-4-6-24)21-23-7-9-26(10-8-23)31(41)36-20-19-30(39)40/h5,7-18,37H,1-4,6,19-21H2,(H,36,41)(H,39,40). The summed E-state index contributed by atoms with van der Waals surface area (Å²) in [6, 6.07) is 20.5. The van der Waals surface area contributed by atoms with Gasteiger partial charge in [0, 0.05) is 30.0 Å². The van der Waals surface area contributed by atoms with Crippen LogP contribution in [0.1, 0.15) is 53.6 Å². The molecule has 1 aliphatic rings. The van der Waals surface area contributed by atoms with Crippen molar-refractivity contribution < 1.29 is 32.6 Å². The van der Waals surface area contributed by atoms with Gasteiger partial charge in [0.05, 0.1) is 6.42 Å². The van der Waals surface area contributed by atoms with E-state index in [4.69, 9.17) is 5.11 Å². The third kappa shape index (κ3) is 8.89. The normalized spacial score (nSPS) is 13.1. The third-order valence-corrected chi connectivity index (χ3v) is 6.72. The number of hydrogen-bond donors (Lipinski definition) is 3. The largest absolute Gasteiger partial charge is 0.573 e. The van der Waals surface area contributed by atoms with Crippen LogP contribution in [-0.2, 0) is 11.3 Å². The number of amides is 1. The van der Waals surface area contributed by atoms with Gasteiger partial charge in [-0.3, -0.25) is 9.59 Å². The maximum Gasteiger partial charge on any atom is 0.573 e. The summed E-state index contributed by atoms with van der Waals surface area (Å²) in [6.07, 6.45) is 1.83. The lowest BCUT2D eigenvalue weighted by Crippen LogP contribution is -2.27. The number of benzene rings is 3. The van der Waals surface area contributed by atoms with E-state index in [1.807, 2.05) is 17.0 Å². The highest BCUT2D eigenvalue weighted by Gasteiger charge is 2.31. The molecule has 3 aromatic carbocycles. The molecule has 0 aliphatic heterocycles. The summed E-state index contributed by atoms with van der Waals surface area (Å²) in [4.78, 5) is 25.0. The van der Waals surface area contributed by atoms with Crippen LogP contribution in [0.2, 0.25) is 0 Å². The molecule has 0 unspecified atom stereocenters. The number of carbonyl (C=O) groups is 2. The Morgan fingerprint density at radius 3 is 2.24 bits per heavy atom. The Kier molecular flexibility index (Phi) is 9.90. The van der Waals surface area contributed by atoms with Crippen LogP contribution in [0, 0.1) is 0 Å². The second kappa shape index (κ2) is 13.8. The van der Waals surface area contributed by atoms with Gasteiger partial charge in [-0.1, -0.05) is 36.9 Å². The molecule has 1 aliphatic carbocycles. The zero-order valence-corrected chi connectivity index (χ0v) is 22.9. The average molecular weight is 580 g/mol. The SMILES string of the molecule is C=C(Nc1ccc(OC(F)(F)F)cc1)N(Cc1ccc(C(=O)NCCC(=O)O)cc1)c1ccc(C2=CCCCC2)cc1. The zero-order chi connectivity index (χ0) is 30.1. The molecule has 7 nitrogen and oxygen atoms in total. The molecule has 10 heteroatoms. The third-order valence-electron chi connectivity index (χ3n) is 6.72. The van der Waals surface area contributed by atoms with Gasteiger partial charge in [-0.2, -0.15) is 0 Å². The van der Waals surface area contributed by atoms with Crippen LogP contribution in [0.15, 0.2) is 91.3 Å². The van der Waals surface area contributed by atoms with Crippen molar-refractivity contribution in [3.05, 3.63) is 108 Å². The van der Waals surface area contributed by atoms with E-state index in [-0.39, 0.29) is 24.6 Å². The first kappa shape index (κ1) is 30.2. The molecular formula is C32H32F3N3O4. The van der Waals surface area contributed by atoms with E-state index in [0.717, 1.165) is 29.7 Å². The lowest BCUT2D eigenvalue weighted by atomic mass is 9.93. The number of ether oxygens (including phenoxy) is 1. The van der Waals surface area contributed by atoms with Gasteiger partial charge in [0.25, 0.3) is 5.91 Å². The number of carboxylic acids is 1. The smallest absolute Gasteiger partial charge is 0.481 e. The average Bonchev–Trinajstić information content (AvgIpc) is 2.97. The van der Waals surface area contributed by atoms with Gasteiger partial charge in [-0.25, -0.2) is 0 Å². The van der Waals surface area contributed by atoms with E-state index >= 15 is 0 Å². The Hall–Kier alpha value is -4.73. The molecule has 0 spiro atoms. The fourth-order valence-corrected chi connectivity index (χ4v) is 4.60. The summed E-state index contributed by atoms with van der Waals surface area (Å²) in [5.74, 6) is -1.19. The molecule has 42 heavy (non-hydrogen) atoms. The van der Waals surface area contributed by atoms with Crippen molar-refractivity contribution in [3.8, 4) is 5.75 Å². The van der Waals surface area contributed by atoms with Gasteiger partial charge >= 0.3 is 12.3 Å². The minimum absolute atomic E-state index is 0.0331. The minimum Gasteiger partial charge on any atom is -0.481 e. The van der Waals surface area contributed by atoms with E-state index < -0.39 is 12.3 Å². The first-order valence-electron chi connectivity index (χ1n) is 13.5. The summed E-state index contributed by atoms with van der Waals surface area (Å²) in [6.45, 7) is 4.60. The predicted molar refractivity (Wildman–Crippen MR) is 156 cm³/mol. The van der Waals surface area contributed by atoms with Crippen LogP contribution in [0.5, 0.6) is 5.75 Å². The molecule has 0 heterocycles. The molecule has 0 aromatic heterocycles. The van der Waals surface area contributed by atoms with E-state index in [9.17, 15) is 22.8 Å². The number of allylic oxidation sites excluding steroid dienone is 2. The predicted octanol–water partition coefficient (Wildman–Crippen LogP) is 7.34. The van der Waals surface area contributed by atoms with Crippen LogP contribution in [0.25, 0.3) is 5.57 Å². The number of carbonyl (C=O) groups excluding carboxylic acids is 1. The molecular weight excluding hydrogens is 547 g/mol. The van der Waals surface area contributed by atoms with Crippen molar-refractivity contribution in [1.29, 1.82) is 0 Å². The molecule has 0 bridgehead atoms. The molecule has 0 saturated carbocycles. The Labute approximate surface area is 242 Å². The number of aliphatic carboxylic acids is 1. The highest BCUT2D eigenvalue weighted by Crippen LogP contribution is 2.30. The molecule has 0 radical (unpaired) electrons. The number of anilines is 2. The van der Waals surface area contributed by atoms with Crippen LogP contribution in [-0.4, -0.2) is 29.9 Å². The molecule has 0 saturated heterocycles. The van der Waals surface area contributed by atoms with Crippen LogP contribution in [0.3, 0.4) is 0 Å².